The molecule has 2 fully saturated rings. The van der Waals surface area contributed by atoms with E-state index in [0.29, 0.717) is 68.7 Å². The third kappa shape index (κ3) is 6.99. The number of nitrogens with zero attached hydrogens (tertiary/aromatic N) is 6. The van der Waals surface area contributed by atoms with Gasteiger partial charge in [0.15, 0.2) is 5.82 Å². The number of halogens is 2. The molecule has 1 atom stereocenters. The van der Waals surface area contributed by atoms with Gasteiger partial charge in [-0.3, -0.25) is 4.90 Å². The first-order valence-electron chi connectivity index (χ1n) is 15.9. The van der Waals surface area contributed by atoms with E-state index in [1.807, 2.05) is 28.8 Å². The monoisotopic (exact) mass is 677 g/mol. The Balaban J connectivity index is 1.36. The largest absolute Gasteiger partial charge is 0.494 e. The number of nitrogens with one attached hydrogen (secondary N) is 1. The van der Waals surface area contributed by atoms with Crippen molar-refractivity contribution in [2.75, 3.05) is 50.1 Å². The molecule has 0 radical (unpaired) electrons. The van der Waals surface area contributed by atoms with Gasteiger partial charge in [0.05, 0.1) is 30.3 Å². The summed E-state index contributed by atoms with van der Waals surface area (Å²) in [7, 11) is 0.405. The van der Waals surface area contributed by atoms with Crippen LogP contribution in [0, 0.1) is 11.3 Å². The number of imidazole rings is 1. The summed E-state index contributed by atoms with van der Waals surface area (Å²) >= 11 is 13.2. The minimum Gasteiger partial charge on any atom is -0.494 e. The number of hydrogen-bond acceptors (Lipinski definition) is 8. The van der Waals surface area contributed by atoms with Gasteiger partial charge in [-0.2, -0.15) is 5.26 Å². The Hall–Kier alpha value is -3.33. The summed E-state index contributed by atoms with van der Waals surface area (Å²) in [6.45, 7) is 12.2. The molecular weight excluding hydrogens is 637 g/mol. The fourth-order valence-electron chi connectivity index (χ4n) is 6.37. The van der Waals surface area contributed by atoms with Crippen LogP contribution in [0.4, 0.5) is 17.2 Å². The fourth-order valence-corrected chi connectivity index (χ4v) is 7.66. The summed E-state index contributed by atoms with van der Waals surface area (Å²) in [6.07, 6.45) is 4.58. The summed E-state index contributed by atoms with van der Waals surface area (Å²) < 4.78 is 13.8. The molecule has 2 aromatic heterocycles. The maximum Gasteiger partial charge on any atom is 0.151 e. The maximum absolute atomic E-state index is 10.5. The second-order valence-corrected chi connectivity index (χ2v) is 19.8. The van der Waals surface area contributed by atoms with E-state index in [2.05, 4.69) is 53.0 Å². The Labute approximate surface area is 282 Å². The van der Waals surface area contributed by atoms with Gasteiger partial charge in [0.1, 0.15) is 29.6 Å². The van der Waals surface area contributed by atoms with Crippen molar-refractivity contribution in [3.63, 3.8) is 0 Å². The van der Waals surface area contributed by atoms with Gasteiger partial charge < -0.3 is 24.3 Å². The second kappa shape index (κ2) is 13.8. The topological polar surface area (TPSA) is 91.5 Å². The quantitative estimate of drug-likeness (QED) is 0.129. The molecular formula is C34H41Cl2N7O2Si. The van der Waals surface area contributed by atoms with Crippen LogP contribution in [0.15, 0.2) is 42.7 Å². The minimum absolute atomic E-state index is 0.275. The van der Waals surface area contributed by atoms with E-state index in [9.17, 15) is 5.26 Å². The highest BCUT2D eigenvalue weighted by Crippen LogP contribution is 2.37. The van der Waals surface area contributed by atoms with E-state index in [1.165, 1.54) is 19.4 Å². The lowest BCUT2D eigenvalue weighted by atomic mass is 10.1. The Kier molecular flexibility index (Phi) is 9.78. The molecule has 0 amide bonds. The molecule has 0 aliphatic carbocycles. The van der Waals surface area contributed by atoms with Gasteiger partial charge in [0.2, 0.25) is 0 Å². The van der Waals surface area contributed by atoms with Crippen LogP contribution in [0.2, 0.25) is 35.7 Å². The van der Waals surface area contributed by atoms with Crippen LogP contribution in [0.3, 0.4) is 0 Å². The molecule has 9 nitrogen and oxygen atoms in total. The van der Waals surface area contributed by atoms with Crippen molar-refractivity contribution in [3.8, 4) is 11.8 Å². The number of hydrogen-bond donors (Lipinski definition) is 1. The van der Waals surface area contributed by atoms with Crippen molar-refractivity contribution in [2.24, 2.45) is 0 Å². The average Bonchev–Trinajstić information content (AvgIpc) is 3.68. The van der Waals surface area contributed by atoms with Gasteiger partial charge in [0, 0.05) is 68.6 Å². The molecule has 1 unspecified atom stereocenters. The molecule has 46 heavy (non-hydrogen) atoms. The molecule has 0 spiro atoms. The number of ether oxygens (including phenoxy) is 2. The number of rotatable bonds is 11. The molecule has 12 heteroatoms. The van der Waals surface area contributed by atoms with Crippen LogP contribution >= 0.6 is 23.2 Å². The lowest BCUT2D eigenvalue weighted by Gasteiger charge is -2.39. The van der Waals surface area contributed by atoms with Crippen LogP contribution in [0.5, 0.6) is 5.75 Å². The van der Waals surface area contributed by atoms with Gasteiger partial charge in [0.25, 0.3) is 0 Å². The number of aromatic nitrogens is 3. The zero-order valence-electron chi connectivity index (χ0n) is 26.9. The first-order chi connectivity index (χ1) is 22.1. The SMILES string of the molecule is COc1cc(N2CCN3CCCC3C2)ccc1Nc1nc(Cc2c(Cl)cccc2Cl)c2ncn(COCC[Si](C)(C)C)c2c1C#N. The highest BCUT2D eigenvalue weighted by atomic mass is 35.5. The second-order valence-electron chi connectivity index (χ2n) is 13.3. The summed E-state index contributed by atoms with van der Waals surface area (Å²) in [6, 6.07) is 15.7. The zero-order valence-corrected chi connectivity index (χ0v) is 29.5. The highest BCUT2D eigenvalue weighted by Gasteiger charge is 2.31. The molecule has 2 aliphatic rings. The van der Waals surface area contributed by atoms with Crippen LogP contribution in [0.1, 0.15) is 29.7 Å². The van der Waals surface area contributed by atoms with E-state index in [0.717, 1.165) is 36.9 Å². The van der Waals surface area contributed by atoms with Crippen LogP contribution < -0.4 is 15.0 Å². The highest BCUT2D eigenvalue weighted by molar-refractivity contribution is 6.76. The van der Waals surface area contributed by atoms with Crippen LogP contribution in [0.25, 0.3) is 11.0 Å². The Morgan fingerprint density at radius 1 is 1.11 bits per heavy atom. The summed E-state index contributed by atoms with van der Waals surface area (Å²) in [5.41, 5.74) is 4.88. The van der Waals surface area contributed by atoms with Crippen molar-refractivity contribution in [1.82, 2.24) is 19.4 Å². The van der Waals surface area contributed by atoms with Gasteiger partial charge in [-0.1, -0.05) is 48.9 Å². The molecule has 2 aromatic carbocycles. The predicted molar refractivity (Wildman–Crippen MR) is 189 cm³/mol. The number of anilines is 3. The standard InChI is InChI=1S/C34H41Cl2N7O2Si/c1-44-31-17-23(42-14-13-41-12-6-7-24(41)20-42)10-11-29(31)39-34-26(19-37)33-32(38-21-43(33)22-45-15-16-46(2,3)4)30(40-34)18-25-27(35)8-5-9-28(25)36/h5,8-11,17,21,24H,6-7,12-16,18,20,22H2,1-4H3,(H,39,40). The average molecular weight is 679 g/mol. The number of pyridine rings is 1. The number of benzene rings is 2. The smallest absolute Gasteiger partial charge is 0.151 e. The number of methoxy groups -OCH3 is 1. The third-order valence-electron chi connectivity index (χ3n) is 8.97. The number of piperazine rings is 1. The Bertz CT molecular complexity index is 1750. The summed E-state index contributed by atoms with van der Waals surface area (Å²) in [5, 5.41) is 15.0. The van der Waals surface area contributed by atoms with E-state index in [1.54, 1.807) is 13.4 Å². The van der Waals surface area contributed by atoms with Crippen LogP contribution in [-0.2, 0) is 17.9 Å². The van der Waals surface area contributed by atoms with Crippen molar-refractivity contribution >= 4 is 59.5 Å². The van der Waals surface area contributed by atoms with Crippen molar-refractivity contribution in [1.29, 1.82) is 5.26 Å². The molecule has 4 heterocycles. The Morgan fingerprint density at radius 2 is 1.91 bits per heavy atom. The lowest BCUT2D eigenvalue weighted by molar-refractivity contribution is 0.0898. The van der Waals surface area contributed by atoms with E-state index in [4.69, 9.17) is 42.6 Å². The molecule has 1 N–H and O–H groups in total. The molecule has 2 aliphatic heterocycles. The number of fused-ring (bicyclic) bond motifs is 2. The summed E-state index contributed by atoms with van der Waals surface area (Å²) in [5.74, 6) is 1.08. The molecule has 0 saturated carbocycles. The first kappa shape index (κ1) is 32.6. The third-order valence-corrected chi connectivity index (χ3v) is 11.4. The zero-order chi connectivity index (χ0) is 32.4. The van der Waals surface area contributed by atoms with Crippen molar-refractivity contribution in [3.05, 3.63) is 69.6 Å². The van der Waals surface area contributed by atoms with E-state index < -0.39 is 8.07 Å². The van der Waals surface area contributed by atoms with Gasteiger partial charge in [-0.15, -0.1) is 0 Å². The Morgan fingerprint density at radius 3 is 2.65 bits per heavy atom. The molecule has 0 bridgehead atoms. The van der Waals surface area contributed by atoms with Crippen molar-refractivity contribution in [2.45, 2.75) is 57.7 Å². The summed E-state index contributed by atoms with van der Waals surface area (Å²) in [4.78, 5) is 14.7. The normalized spacial score (nSPS) is 16.9. The minimum atomic E-state index is -1.26. The number of nitriles is 1. The molecule has 242 valence electrons. The van der Waals surface area contributed by atoms with E-state index in [-0.39, 0.29) is 6.73 Å². The van der Waals surface area contributed by atoms with E-state index >= 15 is 0 Å². The van der Waals surface area contributed by atoms with Gasteiger partial charge in [-0.05, 0) is 55.3 Å². The van der Waals surface area contributed by atoms with Crippen LogP contribution in [-0.4, -0.2) is 73.4 Å². The van der Waals surface area contributed by atoms with Gasteiger partial charge in [-0.25, -0.2) is 9.97 Å². The molecule has 6 rings (SSSR count). The lowest BCUT2D eigenvalue weighted by Crippen LogP contribution is -2.50. The fraction of sp³-hybridized carbons (Fsp3) is 0.441. The molecule has 4 aromatic rings. The maximum atomic E-state index is 10.5. The molecule has 2 saturated heterocycles. The first-order valence-corrected chi connectivity index (χ1v) is 20.3. The van der Waals surface area contributed by atoms with Gasteiger partial charge >= 0.3 is 0 Å². The predicted octanol–water partition coefficient (Wildman–Crippen LogP) is 7.55. The van der Waals surface area contributed by atoms with Crippen molar-refractivity contribution < 1.29 is 9.47 Å².